The summed E-state index contributed by atoms with van der Waals surface area (Å²) >= 11 is 0. The number of carbonyl (C=O) groups excluding carboxylic acids is 1. The monoisotopic (exact) mass is 386 g/mol. The van der Waals surface area contributed by atoms with E-state index in [0.29, 0.717) is 30.4 Å². The average Bonchev–Trinajstić information content (AvgIpc) is 3.13. The number of aromatic nitrogens is 2. The van der Waals surface area contributed by atoms with Gasteiger partial charge >= 0.3 is 0 Å². The first-order chi connectivity index (χ1) is 12.6. The van der Waals surface area contributed by atoms with Crippen molar-refractivity contribution >= 4 is 24.0 Å². The van der Waals surface area contributed by atoms with Gasteiger partial charge in [0.15, 0.2) is 5.82 Å². The molecule has 0 unspecified atom stereocenters. The smallest absolute Gasteiger partial charge is 0.257 e. The number of hydrogen-bond acceptors (Lipinski definition) is 5. The highest BCUT2D eigenvalue weighted by molar-refractivity contribution is 5.85. The second-order valence-electron chi connectivity index (χ2n) is 6.08. The minimum atomic E-state index is 0. The summed E-state index contributed by atoms with van der Waals surface area (Å²) in [4.78, 5) is 16.3. The first kappa shape index (κ1) is 20.5. The molecule has 0 saturated carbocycles. The van der Waals surface area contributed by atoms with E-state index in [1.165, 1.54) is 0 Å². The summed E-state index contributed by atoms with van der Waals surface area (Å²) in [6.07, 6.45) is 1.87. The summed E-state index contributed by atoms with van der Waals surface area (Å²) in [5.74, 6) is 1.24. The molecule has 3 rings (SSSR count). The molecule has 0 atom stereocenters. The third-order valence-corrected chi connectivity index (χ3v) is 4.07. The molecule has 6 nitrogen and oxygen atoms in total. The molecule has 0 fully saturated rings. The van der Waals surface area contributed by atoms with Crippen LogP contribution in [0, 0.1) is 0 Å². The Labute approximate surface area is 164 Å². The molecule has 0 aliphatic rings. The number of hydrogen-bond donors (Lipinski definition) is 2. The van der Waals surface area contributed by atoms with Gasteiger partial charge in [-0.3, -0.25) is 4.79 Å². The van der Waals surface area contributed by atoms with Gasteiger partial charge in [0.25, 0.3) is 5.89 Å². The maximum atomic E-state index is 12.0. The Balaban J connectivity index is 0.00000261. The van der Waals surface area contributed by atoms with E-state index in [2.05, 4.69) is 15.5 Å². The van der Waals surface area contributed by atoms with Crippen molar-refractivity contribution in [3.8, 4) is 11.5 Å². The maximum Gasteiger partial charge on any atom is 0.257 e. The molecule has 0 saturated heterocycles. The summed E-state index contributed by atoms with van der Waals surface area (Å²) in [5.41, 5.74) is 9.33. The van der Waals surface area contributed by atoms with Gasteiger partial charge in [0.1, 0.15) is 0 Å². The topological polar surface area (TPSA) is 94.0 Å². The van der Waals surface area contributed by atoms with Crippen LogP contribution in [0.5, 0.6) is 0 Å². The van der Waals surface area contributed by atoms with Gasteiger partial charge in [-0.25, -0.2) is 0 Å². The third kappa shape index (κ3) is 5.82. The number of nitrogens with one attached hydrogen (secondary N) is 1. The van der Waals surface area contributed by atoms with Crippen molar-refractivity contribution in [2.75, 3.05) is 12.3 Å². The predicted molar refractivity (Wildman–Crippen MR) is 108 cm³/mol. The highest BCUT2D eigenvalue weighted by Crippen LogP contribution is 2.18. The fourth-order valence-corrected chi connectivity index (χ4v) is 2.56. The molecule has 1 heterocycles. The van der Waals surface area contributed by atoms with Crippen molar-refractivity contribution < 1.29 is 9.32 Å². The van der Waals surface area contributed by atoms with Crippen molar-refractivity contribution in [2.45, 2.75) is 26.2 Å². The minimum Gasteiger partial charge on any atom is -0.399 e. The number of anilines is 1. The number of nitrogen functional groups attached to an aromatic ring is 1. The first-order valence-electron chi connectivity index (χ1n) is 8.67. The summed E-state index contributed by atoms with van der Waals surface area (Å²) in [5, 5.41) is 6.84. The SMILES string of the molecule is CCc1noc(-c2ccc(CCNC(=O)Cc3ccc(N)cc3)cc2)n1.Cl. The molecular formula is C20H23ClN4O2. The first-order valence-corrected chi connectivity index (χ1v) is 8.67. The van der Waals surface area contributed by atoms with Crippen molar-refractivity contribution in [3.63, 3.8) is 0 Å². The number of carbonyl (C=O) groups is 1. The standard InChI is InChI=1S/C20H22N4O2.ClH/c1-2-18-23-20(26-24-18)16-7-3-14(4-8-16)11-12-22-19(25)13-15-5-9-17(21)10-6-15;/h3-10H,2,11-13,21H2,1H3,(H,22,25);1H. The lowest BCUT2D eigenvalue weighted by molar-refractivity contribution is -0.120. The molecule has 27 heavy (non-hydrogen) atoms. The van der Waals surface area contributed by atoms with Crippen LogP contribution in [0.4, 0.5) is 5.69 Å². The maximum absolute atomic E-state index is 12.0. The summed E-state index contributed by atoms with van der Waals surface area (Å²) in [6, 6.07) is 15.3. The highest BCUT2D eigenvalue weighted by Gasteiger charge is 2.07. The van der Waals surface area contributed by atoms with E-state index in [4.69, 9.17) is 10.3 Å². The Morgan fingerprint density at radius 1 is 1.07 bits per heavy atom. The number of aryl methyl sites for hydroxylation is 1. The fourth-order valence-electron chi connectivity index (χ4n) is 2.56. The quantitative estimate of drug-likeness (QED) is 0.608. The molecule has 0 spiro atoms. The minimum absolute atomic E-state index is 0. The van der Waals surface area contributed by atoms with Gasteiger partial charge in [0.2, 0.25) is 5.91 Å². The molecule has 142 valence electrons. The lowest BCUT2D eigenvalue weighted by atomic mass is 10.1. The van der Waals surface area contributed by atoms with Crippen molar-refractivity contribution in [2.24, 2.45) is 0 Å². The molecule has 0 bridgehead atoms. The van der Waals surface area contributed by atoms with Gasteiger partial charge in [0.05, 0.1) is 6.42 Å². The Hall–Kier alpha value is -2.86. The van der Waals surface area contributed by atoms with Crippen molar-refractivity contribution in [3.05, 3.63) is 65.5 Å². The average molecular weight is 387 g/mol. The fraction of sp³-hybridized carbons (Fsp3) is 0.250. The van der Waals surface area contributed by atoms with Crippen LogP contribution in [0.15, 0.2) is 53.1 Å². The second kappa shape index (κ2) is 9.73. The molecule has 0 aliphatic heterocycles. The summed E-state index contributed by atoms with van der Waals surface area (Å²) in [6.45, 7) is 2.58. The Bertz CT molecular complexity index is 860. The van der Waals surface area contributed by atoms with Crippen LogP contribution in [-0.4, -0.2) is 22.6 Å². The van der Waals surface area contributed by atoms with E-state index in [-0.39, 0.29) is 18.3 Å². The second-order valence-corrected chi connectivity index (χ2v) is 6.08. The molecule has 0 aliphatic carbocycles. The van der Waals surface area contributed by atoms with Crippen molar-refractivity contribution in [1.29, 1.82) is 0 Å². The van der Waals surface area contributed by atoms with Crippen LogP contribution >= 0.6 is 12.4 Å². The summed E-state index contributed by atoms with van der Waals surface area (Å²) in [7, 11) is 0. The van der Waals surface area contributed by atoms with Crippen LogP contribution in [0.1, 0.15) is 23.9 Å². The van der Waals surface area contributed by atoms with Gasteiger partial charge in [-0.1, -0.05) is 36.3 Å². The van der Waals surface area contributed by atoms with E-state index in [1.807, 2.05) is 43.3 Å². The Morgan fingerprint density at radius 3 is 2.37 bits per heavy atom. The predicted octanol–water partition coefficient (Wildman–Crippen LogP) is 3.20. The van der Waals surface area contributed by atoms with Gasteiger partial charge in [0, 0.05) is 24.2 Å². The Kier molecular flexibility index (Phi) is 7.37. The zero-order valence-corrected chi connectivity index (χ0v) is 16.0. The highest BCUT2D eigenvalue weighted by atomic mass is 35.5. The van der Waals surface area contributed by atoms with Gasteiger partial charge in [-0.05, 0) is 41.8 Å². The summed E-state index contributed by atoms with van der Waals surface area (Å²) < 4.78 is 5.23. The van der Waals surface area contributed by atoms with E-state index in [0.717, 1.165) is 29.5 Å². The molecule has 1 aromatic heterocycles. The molecule has 3 aromatic rings. The molecule has 1 amide bonds. The lowest BCUT2D eigenvalue weighted by Crippen LogP contribution is -2.27. The number of nitrogens with two attached hydrogens (primary N) is 1. The molecule has 7 heteroatoms. The molecule has 2 aromatic carbocycles. The number of nitrogens with zero attached hydrogens (tertiary/aromatic N) is 2. The van der Waals surface area contributed by atoms with E-state index in [9.17, 15) is 4.79 Å². The lowest BCUT2D eigenvalue weighted by Gasteiger charge is -2.06. The Morgan fingerprint density at radius 2 is 1.74 bits per heavy atom. The zero-order valence-electron chi connectivity index (χ0n) is 15.1. The van der Waals surface area contributed by atoms with Crippen LogP contribution in [0.3, 0.4) is 0 Å². The van der Waals surface area contributed by atoms with Crippen LogP contribution < -0.4 is 11.1 Å². The molecule has 0 radical (unpaired) electrons. The van der Waals surface area contributed by atoms with Crippen LogP contribution in [0.25, 0.3) is 11.5 Å². The van der Waals surface area contributed by atoms with Gasteiger partial charge in [-0.15, -0.1) is 12.4 Å². The van der Waals surface area contributed by atoms with Crippen LogP contribution in [-0.2, 0) is 24.1 Å². The van der Waals surface area contributed by atoms with E-state index in [1.54, 1.807) is 12.1 Å². The molecule has 3 N–H and O–H groups in total. The third-order valence-electron chi connectivity index (χ3n) is 4.07. The number of rotatable bonds is 7. The van der Waals surface area contributed by atoms with Crippen LogP contribution in [0.2, 0.25) is 0 Å². The van der Waals surface area contributed by atoms with E-state index >= 15 is 0 Å². The van der Waals surface area contributed by atoms with Gasteiger partial charge < -0.3 is 15.6 Å². The van der Waals surface area contributed by atoms with E-state index < -0.39 is 0 Å². The number of benzene rings is 2. The zero-order chi connectivity index (χ0) is 18.4. The number of halogens is 1. The molecular weight excluding hydrogens is 364 g/mol. The van der Waals surface area contributed by atoms with Gasteiger partial charge in [-0.2, -0.15) is 4.98 Å². The normalized spacial score (nSPS) is 10.3. The van der Waals surface area contributed by atoms with Crippen molar-refractivity contribution in [1.82, 2.24) is 15.5 Å². The largest absolute Gasteiger partial charge is 0.399 e. The number of amides is 1.